The van der Waals surface area contributed by atoms with Crippen molar-refractivity contribution in [2.24, 2.45) is 0 Å². The Morgan fingerprint density at radius 3 is 2.05 bits per heavy atom. The molecule has 0 fully saturated rings. The Bertz CT molecular complexity index is 669. The van der Waals surface area contributed by atoms with Gasteiger partial charge in [0.25, 0.3) is 0 Å². The van der Waals surface area contributed by atoms with Crippen molar-refractivity contribution in [2.75, 3.05) is 4.84 Å². The van der Waals surface area contributed by atoms with Gasteiger partial charge in [-0.1, -0.05) is 36.1 Å². The smallest absolute Gasteiger partial charge is 0.297 e. The van der Waals surface area contributed by atoms with Crippen LogP contribution in [-0.4, -0.2) is 0 Å². The molecular weight excluding hydrogens is 287 g/mol. The molecule has 0 aliphatic heterocycles. The molecule has 1 N–H and O–H groups in total. The van der Waals surface area contributed by atoms with E-state index < -0.39 is 11.7 Å². The van der Waals surface area contributed by atoms with Gasteiger partial charge < -0.3 is 0 Å². The third-order valence-corrected chi connectivity index (χ3v) is 2.80. The van der Waals surface area contributed by atoms with Crippen molar-refractivity contribution >= 4 is 17.5 Å². The molecule has 0 atom stereocenters. The molecule has 0 aromatic heterocycles. The van der Waals surface area contributed by atoms with E-state index in [1.165, 1.54) is 18.2 Å². The van der Waals surface area contributed by atoms with E-state index in [1.807, 2.05) is 0 Å². The summed E-state index contributed by atoms with van der Waals surface area (Å²) in [5.74, 6) is 5.24. The second kappa shape index (κ2) is 5.89. The predicted octanol–water partition coefficient (Wildman–Crippen LogP) is 4.67. The van der Waals surface area contributed by atoms with Crippen molar-refractivity contribution in [3.63, 3.8) is 0 Å². The number of hydrogen-bond donors (Lipinski definition) is 1. The molecule has 0 saturated heterocycles. The number of alkyl halides is 3. The van der Waals surface area contributed by atoms with Gasteiger partial charge >= 0.3 is 6.18 Å². The largest absolute Gasteiger partial charge is 0.417 e. The van der Waals surface area contributed by atoms with Crippen LogP contribution in [0.2, 0.25) is 0 Å². The maximum atomic E-state index is 12.8. The minimum absolute atomic E-state index is 0.0654. The van der Waals surface area contributed by atoms with Gasteiger partial charge in [0.1, 0.15) is 0 Å². The Morgan fingerprint density at radius 2 is 1.40 bits per heavy atom. The van der Waals surface area contributed by atoms with Crippen LogP contribution in [0.15, 0.2) is 48.5 Å². The van der Waals surface area contributed by atoms with Gasteiger partial charge in [-0.15, -0.1) is 0 Å². The summed E-state index contributed by atoms with van der Waals surface area (Å²) < 4.78 is 38.5. The standard InChI is InChI=1S/C15H9ClF3N/c16-20-14-8-4-2-6-12(14)10-9-11-5-1-3-7-13(11)15(17,18)19/h1-8,20H. The molecule has 5 heteroatoms. The highest BCUT2D eigenvalue weighted by molar-refractivity contribution is 6.24. The Labute approximate surface area is 119 Å². The normalized spacial score (nSPS) is 10.6. The first-order valence-electron chi connectivity index (χ1n) is 5.66. The molecule has 0 aliphatic rings. The van der Waals surface area contributed by atoms with E-state index in [-0.39, 0.29) is 5.56 Å². The molecule has 0 amide bonds. The molecule has 0 saturated carbocycles. The zero-order valence-electron chi connectivity index (χ0n) is 10.1. The van der Waals surface area contributed by atoms with Gasteiger partial charge in [-0.2, -0.15) is 13.2 Å². The summed E-state index contributed by atoms with van der Waals surface area (Å²) in [7, 11) is 0. The van der Waals surface area contributed by atoms with Crippen molar-refractivity contribution in [1.82, 2.24) is 0 Å². The third kappa shape index (κ3) is 3.25. The number of benzene rings is 2. The fourth-order valence-corrected chi connectivity index (χ4v) is 1.81. The van der Waals surface area contributed by atoms with Gasteiger partial charge in [0.05, 0.1) is 11.3 Å². The van der Waals surface area contributed by atoms with Crippen molar-refractivity contribution in [1.29, 1.82) is 0 Å². The Kier molecular flexibility index (Phi) is 4.21. The van der Waals surface area contributed by atoms with Crippen molar-refractivity contribution in [2.45, 2.75) is 6.18 Å². The fourth-order valence-electron chi connectivity index (χ4n) is 1.65. The molecule has 2 aromatic carbocycles. The summed E-state index contributed by atoms with van der Waals surface area (Å²) in [6, 6.07) is 12.0. The topological polar surface area (TPSA) is 12.0 Å². The zero-order valence-corrected chi connectivity index (χ0v) is 10.9. The van der Waals surface area contributed by atoms with E-state index in [4.69, 9.17) is 11.8 Å². The van der Waals surface area contributed by atoms with Crippen molar-refractivity contribution in [3.05, 3.63) is 65.2 Å². The van der Waals surface area contributed by atoms with E-state index >= 15 is 0 Å². The van der Waals surface area contributed by atoms with E-state index in [0.717, 1.165) is 6.07 Å². The molecule has 2 aromatic rings. The van der Waals surface area contributed by atoms with Crippen LogP contribution in [0.4, 0.5) is 18.9 Å². The first kappa shape index (κ1) is 14.3. The number of nitrogens with one attached hydrogen (secondary N) is 1. The van der Waals surface area contributed by atoms with Gasteiger partial charge in [0, 0.05) is 22.9 Å². The lowest BCUT2D eigenvalue weighted by Crippen LogP contribution is -2.07. The van der Waals surface area contributed by atoms with Crippen LogP contribution in [0, 0.1) is 11.8 Å². The molecule has 0 spiro atoms. The zero-order chi connectivity index (χ0) is 14.6. The van der Waals surface area contributed by atoms with E-state index in [9.17, 15) is 13.2 Å². The van der Waals surface area contributed by atoms with Crippen LogP contribution in [0.3, 0.4) is 0 Å². The quantitative estimate of drug-likeness (QED) is 0.595. The number of rotatable bonds is 1. The van der Waals surface area contributed by atoms with Crippen LogP contribution in [-0.2, 0) is 6.18 Å². The molecule has 0 aliphatic carbocycles. The number of para-hydroxylation sites is 1. The maximum absolute atomic E-state index is 12.8. The average Bonchev–Trinajstić information content (AvgIpc) is 2.44. The third-order valence-electron chi connectivity index (χ3n) is 2.59. The lowest BCUT2D eigenvalue weighted by molar-refractivity contribution is -0.137. The van der Waals surface area contributed by atoms with E-state index in [1.54, 1.807) is 24.3 Å². The SMILES string of the molecule is FC(F)(F)c1ccccc1C#Cc1ccccc1NCl. The first-order chi connectivity index (χ1) is 9.52. The van der Waals surface area contributed by atoms with Gasteiger partial charge in [-0.25, -0.2) is 0 Å². The predicted molar refractivity (Wildman–Crippen MR) is 73.3 cm³/mol. The van der Waals surface area contributed by atoms with Crippen molar-refractivity contribution in [3.8, 4) is 11.8 Å². The lowest BCUT2D eigenvalue weighted by Gasteiger charge is -2.08. The Balaban J connectivity index is 2.44. The highest BCUT2D eigenvalue weighted by atomic mass is 35.5. The summed E-state index contributed by atoms with van der Waals surface area (Å²) in [6.45, 7) is 0. The minimum Gasteiger partial charge on any atom is -0.297 e. The minimum atomic E-state index is -4.42. The highest BCUT2D eigenvalue weighted by Crippen LogP contribution is 2.31. The monoisotopic (exact) mass is 295 g/mol. The molecule has 20 heavy (non-hydrogen) atoms. The van der Waals surface area contributed by atoms with Crippen LogP contribution >= 0.6 is 11.8 Å². The summed E-state index contributed by atoms with van der Waals surface area (Å²) in [5, 5.41) is 0. The fraction of sp³-hybridized carbons (Fsp3) is 0.0667. The molecular formula is C15H9ClF3N. The molecule has 2 rings (SSSR count). The van der Waals surface area contributed by atoms with Crippen LogP contribution in [0.25, 0.3) is 0 Å². The van der Waals surface area contributed by atoms with E-state index in [0.29, 0.717) is 11.3 Å². The maximum Gasteiger partial charge on any atom is 0.417 e. The van der Waals surface area contributed by atoms with Gasteiger partial charge in [-0.3, -0.25) is 4.84 Å². The second-order valence-electron chi connectivity index (χ2n) is 3.93. The Hall–Kier alpha value is -2.12. The molecule has 1 nitrogen and oxygen atoms in total. The molecule has 0 unspecified atom stereocenters. The lowest BCUT2D eigenvalue weighted by atomic mass is 10.1. The molecule has 0 heterocycles. The Morgan fingerprint density at radius 1 is 0.850 bits per heavy atom. The molecule has 102 valence electrons. The van der Waals surface area contributed by atoms with E-state index in [2.05, 4.69) is 16.7 Å². The van der Waals surface area contributed by atoms with Crippen LogP contribution in [0.1, 0.15) is 16.7 Å². The second-order valence-corrected chi connectivity index (χ2v) is 4.12. The van der Waals surface area contributed by atoms with Gasteiger partial charge in [-0.05, 0) is 24.3 Å². The van der Waals surface area contributed by atoms with Crippen LogP contribution < -0.4 is 4.84 Å². The summed E-state index contributed by atoms with van der Waals surface area (Å²) >= 11 is 5.52. The van der Waals surface area contributed by atoms with Crippen LogP contribution in [0.5, 0.6) is 0 Å². The average molecular weight is 296 g/mol. The number of hydrogen-bond acceptors (Lipinski definition) is 1. The number of anilines is 1. The number of halogens is 4. The molecule has 0 radical (unpaired) electrons. The molecule has 0 bridgehead atoms. The van der Waals surface area contributed by atoms with Gasteiger partial charge in [0.15, 0.2) is 0 Å². The highest BCUT2D eigenvalue weighted by Gasteiger charge is 2.32. The van der Waals surface area contributed by atoms with Crippen molar-refractivity contribution < 1.29 is 13.2 Å². The summed E-state index contributed by atoms with van der Waals surface area (Å²) in [4.78, 5) is 2.42. The summed E-state index contributed by atoms with van der Waals surface area (Å²) in [5.41, 5.74) is 0.263. The summed E-state index contributed by atoms with van der Waals surface area (Å²) in [6.07, 6.45) is -4.42. The first-order valence-corrected chi connectivity index (χ1v) is 6.04. The van der Waals surface area contributed by atoms with Gasteiger partial charge in [0.2, 0.25) is 0 Å².